The van der Waals surface area contributed by atoms with Crippen LogP contribution in [0.1, 0.15) is 24.5 Å². The molecular formula is C13H19N5O2. The van der Waals surface area contributed by atoms with Gasteiger partial charge in [0.25, 0.3) is 0 Å². The predicted octanol–water partition coefficient (Wildman–Crippen LogP) is 0.445. The van der Waals surface area contributed by atoms with Crippen LogP contribution in [0.25, 0.3) is 5.65 Å². The Morgan fingerprint density at radius 1 is 1.55 bits per heavy atom. The quantitative estimate of drug-likeness (QED) is 0.826. The molecule has 1 aliphatic rings. The number of methoxy groups -OCH3 is 1. The number of anilines is 1. The highest BCUT2D eigenvalue weighted by Gasteiger charge is 2.27. The van der Waals surface area contributed by atoms with Gasteiger partial charge in [0, 0.05) is 26.6 Å². The number of hydrogen-bond acceptors (Lipinski definition) is 6. The molecule has 1 fully saturated rings. The van der Waals surface area contributed by atoms with Crippen LogP contribution in [0.3, 0.4) is 0 Å². The van der Waals surface area contributed by atoms with Gasteiger partial charge >= 0.3 is 0 Å². The maximum absolute atomic E-state index is 9.87. The third-order valence-electron chi connectivity index (χ3n) is 3.52. The first-order valence-electron chi connectivity index (χ1n) is 6.78. The fourth-order valence-electron chi connectivity index (χ4n) is 2.35. The van der Waals surface area contributed by atoms with Crippen molar-refractivity contribution in [1.29, 1.82) is 0 Å². The highest BCUT2D eigenvalue weighted by Crippen LogP contribution is 2.40. The molecule has 0 aromatic carbocycles. The highest BCUT2D eigenvalue weighted by molar-refractivity contribution is 5.68. The van der Waals surface area contributed by atoms with Gasteiger partial charge in [0.05, 0.1) is 24.1 Å². The molecule has 0 amide bonds. The molecule has 1 saturated carbocycles. The Kier molecular flexibility index (Phi) is 3.54. The Bertz CT molecular complexity index is 595. The summed E-state index contributed by atoms with van der Waals surface area (Å²) >= 11 is 0. The first-order chi connectivity index (χ1) is 9.69. The Hall–Kier alpha value is -1.73. The first kappa shape index (κ1) is 13.3. The van der Waals surface area contributed by atoms with Gasteiger partial charge in [0.2, 0.25) is 5.65 Å². The zero-order chi connectivity index (χ0) is 14.1. The van der Waals surface area contributed by atoms with Crippen LogP contribution in [0.15, 0.2) is 12.4 Å². The highest BCUT2D eigenvalue weighted by atomic mass is 16.5. The molecule has 1 N–H and O–H groups in total. The van der Waals surface area contributed by atoms with Crippen molar-refractivity contribution in [2.45, 2.75) is 24.9 Å². The minimum absolute atomic E-state index is 0.313. The van der Waals surface area contributed by atoms with Gasteiger partial charge in [0.15, 0.2) is 0 Å². The van der Waals surface area contributed by atoms with Crippen molar-refractivity contribution in [2.75, 3.05) is 32.2 Å². The maximum Gasteiger partial charge on any atom is 0.200 e. The smallest absolute Gasteiger partial charge is 0.200 e. The molecule has 1 unspecified atom stereocenters. The van der Waals surface area contributed by atoms with Crippen molar-refractivity contribution in [3.8, 4) is 0 Å². The van der Waals surface area contributed by atoms with E-state index in [1.807, 2.05) is 11.9 Å². The molecule has 7 heteroatoms. The van der Waals surface area contributed by atoms with Crippen molar-refractivity contribution in [1.82, 2.24) is 19.8 Å². The van der Waals surface area contributed by atoms with Gasteiger partial charge in [-0.1, -0.05) is 0 Å². The fraction of sp³-hybridized carbons (Fsp3) is 0.615. The van der Waals surface area contributed by atoms with E-state index in [0.29, 0.717) is 24.7 Å². The number of aliphatic hydroxyl groups is 1. The summed E-state index contributed by atoms with van der Waals surface area (Å²) in [7, 11) is 3.51. The molecule has 1 atom stereocenters. The minimum atomic E-state index is -0.537. The topological polar surface area (TPSA) is 75.8 Å². The zero-order valence-electron chi connectivity index (χ0n) is 11.7. The summed E-state index contributed by atoms with van der Waals surface area (Å²) < 4.78 is 6.67. The monoisotopic (exact) mass is 277 g/mol. The van der Waals surface area contributed by atoms with Crippen LogP contribution in [0.2, 0.25) is 0 Å². The van der Waals surface area contributed by atoms with Crippen LogP contribution in [-0.2, 0) is 4.74 Å². The fourth-order valence-corrected chi connectivity index (χ4v) is 2.35. The third-order valence-corrected chi connectivity index (χ3v) is 3.52. The van der Waals surface area contributed by atoms with Crippen LogP contribution in [0.5, 0.6) is 0 Å². The van der Waals surface area contributed by atoms with Gasteiger partial charge in [-0.15, -0.1) is 10.2 Å². The molecule has 108 valence electrons. The third kappa shape index (κ3) is 2.59. The summed E-state index contributed by atoms with van der Waals surface area (Å²) in [6.07, 6.45) is 3.46. The van der Waals surface area contributed by atoms with Crippen molar-refractivity contribution >= 4 is 11.3 Å². The van der Waals surface area contributed by atoms with E-state index in [0.717, 1.165) is 11.4 Å². The van der Waals surface area contributed by atoms with E-state index in [1.54, 1.807) is 18.0 Å². The van der Waals surface area contributed by atoms with Crippen LogP contribution < -0.4 is 4.90 Å². The van der Waals surface area contributed by atoms with Crippen molar-refractivity contribution in [3.05, 3.63) is 18.1 Å². The largest absolute Gasteiger partial charge is 0.389 e. The van der Waals surface area contributed by atoms with Gasteiger partial charge in [-0.25, -0.2) is 0 Å². The second-order valence-corrected chi connectivity index (χ2v) is 5.32. The van der Waals surface area contributed by atoms with Crippen LogP contribution in [0, 0.1) is 0 Å². The molecule has 20 heavy (non-hydrogen) atoms. The van der Waals surface area contributed by atoms with E-state index in [9.17, 15) is 5.11 Å². The Morgan fingerprint density at radius 2 is 2.35 bits per heavy atom. The normalized spacial score (nSPS) is 16.6. The summed E-state index contributed by atoms with van der Waals surface area (Å²) in [6.45, 7) is 0.790. The van der Waals surface area contributed by atoms with Crippen molar-refractivity contribution < 1.29 is 9.84 Å². The number of aliphatic hydroxyl groups excluding tert-OH is 1. The number of aromatic nitrogens is 4. The number of nitrogens with zero attached hydrogens (tertiary/aromatic N) is 5. The number of ether oxygens (including phenoxy) is 1. The lowest BCUT2D eigenvalue weighted by Gasteiger charge is -2.22. The van der Waals surface area contributed by atoms with E-state index in [2.05, 4.69) is 21.4 Å². The van der Waals surface area contributed by atoms with Gasteiger partial charge in [-0.3, -0.25) is 0 Å². The summed E-state index contributed by atoms with van der Waals surface area (Å²) in [5, 5.41) is 22.4. The van der Waals surface area contributed by atoms with Gasteiger partial charge in [-0.2, -0.15) is 9.61 Å². The average Bonchev–Trinajstić information content (AvgIpc) is 3.16. The lowest BCUT2D eigenvalue weighted by Crippen LogP contribution is -2.32. The summed E-state index contributed by atoms with van der Waals surface area (Å²) in [5.41, 5.74) is 2.72. The molecule has 0 saturated heterocycles. The van der Waals surface area contributed by atoms with Gasteiger partial charge < -0.3 is 14.7 Å². The zero-order valence-corrected chi connectivity index (χ0v) is 11.7. The predicted molar refractivity (Wildman–Crippen MR) is 73.9 cm³/mol. The molecule has 0 spiro atoms. The average molecular weight is 277 g/mol. The second kappa shape index (κ2) is 5.34. The summed E-state index contributed by atoms with van der Waals surface area (Å²) in [5.74, 6) is 0.554. The van der Waals surface area contributed by atoms with E-state index in [4.69, 9.17) is 4.74 Å². The molecule has 1 aliphatic carbocycles. The minimum Gasteiger partial charge on any atom is -0.389 e. The van der Waals surface area contributed by atoms with Crippen LogP contribution in [-0.4, -0.2) is 58.3 Å². The van der Waals surface area contributed by atoms with Crippen LogP contribution in [0.4, 0.5) is 5.69 Å². The molecular weight excluding hydrogens is 258 g/mol. The van der Waals surface area contributed by atoms with E-state index >= 15 is 0 Å². The molecule has 2 aromatic rings. The van der Waals surface area contributed by atoms with Crippen LogP contribution >= 0.6 is 0 Å². The Labute approximate surface area is 117 Å². The van der Waals surface area contributed by atoms with E-state index in [1.165, 1.54) is 12.8 Å². The van der Waals surface area contributed by atoms with Crippen molar-refractivity contribution in [3.63, 3.8) is 0 Å². The molecule has 2 heterocycles. The number of hydrogen-bond donors (Lipinski definition) is 1. The summed E-state index contributed by atoms with van der Waals surface area (Å²) in [6, 6.07) is 2.06. The molecule has 0 radical (unpaired) electrons. The van der Waals surface area contributed by atoms with Crippen molar-refractivity contribution in [2.24, 2.45) is 0 Å². The number of fused-ring (bicyclic) bond motifs is 1. The van der Waals surface area contributed by atoms with Gasteiger partial charge in [0.1, 0.15) is 6.33 Å². The number of rotatable bonds is 6. The first-order valence-corrected chi connectivity index (χ1v) is 6.78. The molecule has 3 rings (SSSR count). The Balaban J connectivity index is 1.90. The maximum atomic E-state index is 9.87. The lowest BCUT2D eigenvalue weighted by atomic mass is 10.2. The molecule has 7 nitrogen and oxygen atoms in total. The standard InChI is InChI=1S/C13H19N5O2/c1-17(6-10(19)7-20-2)12-5-11(9-3-4-9)16-18-8-14-15-13(12)18/h5,8-10,19H,3-4,6-7H2,1-2H3. The lowest BCUT2D eigenvalue weighted by molar-refractivity contribution is 0.0695. The van der Waals surface area contributed by atoms with E-state index < -0.39 is 6.10 Å². The van der Waals surface area contributed by atoms with Gasteiger partial charge in [-0.05, 0) is 18.9 Å². The summed E-state index contributed by atoms with van der Waals surface area (Å²) in [4.78, 5) is 1.97. The second-order valence-electron chi connectivity index (χ2n) is 5.32. The Morgan fingerprint density at radius 3 is 3.05 bits per heavy atom. The number of likely N-dealkylation sites (N-methyl/N-ethyl adjacent to an activating group) is 1. The molecule has 2 aromatic heterocycles. The molecule has 0 aliphatic heterocycles. The SMILES string of the molecule is COCC(O)CN(C)c1cc(C2CC2)nn2cnnc12. The molecule has 0 bridgehead atoms. The van der Waals surface area contributed by atoms with E-state index in [-0.39, 0.29) is 0 Å².